The van der Waals surface area contributed by atoms with Gasteiger partial charge in [-0.2, -0.15) is 0 Å². The van der Waals surface area contributed by atoms with Crippen LogP contribution in [-0.2, 0) is 9.53 Å². The molecule has 0 N–H and O–H groups in total. The zero-order valence-corrected chi connectivity index (χ0v) is 20.7. The van der Waals surface area contributed by atoms with Gasteiger partial charge in [0, 0.05) is 0 Å². The molecule has 0 fully saturated rings. The maximum absolute atomic E-state index is 13.7. The van der Waals surface area contributed by atoms with Crippen molar-refractivity contribution in [1.29, 1.82) is 0 Å². The monoisotopic (exact) mass is 490 g/mol. The molecule has 2 aliphatic rings. The number of allylic oxidation sites excluding steroid dienone is 1. The lowest BCUT2D eigenvalue weighted by Gasteiger charge is -2.25. The third-order valence-corrected chi connectivity index (χ3v) is 6.96. The van der Waals surface area contributed by atoms with Gasteiger partial charge in [0.25, 0.3) is 5.56 Å². The van der Waals surface area contributed by atoms with Crippen LogP contribution in [0.2, 0.25) is 0 Å². The SMILES string of the molecule is CCCC1=C(C(=O)OCC)C(c2ccc3c(c2)OCO3)n2c(s/c(=C\c3ccc(C)cc3)c2=O)=N1. The second-order valence-electron chi connectivity index (χ2n) is 8.44. The molecule has 1 aromatic heterocycles. The average molecular weight is 491 g/mol. The van der Waals surface area contributed by atoms with Crippen molar-refractivity contribution in [3.63, 3.8) is 0 Å². The molecule has 0 amide bonds. The Morgan fingerprint density at radius 2 is 1.94 bits per heavy atom. The molecule has 5 rings (SSSR count). The van der Waals surface area contributed by atoms with E-state index in [1.165, 1.54) is 11.3 Å². The van der Waals surface area contributed by atoms with Crippen LogP contribution in [0.1, 0.15) is 49.4 Å². The molecule has 0 radical (unpaired) electrons. The maximum Gasteiger partial charge on any atom is 0.338 e. The van der Waals surface area contributed by atoms with Crippen LogP contribution in [0.4, 0.5) is 0 Å². The van der Waals surface area contributed by atoms with E-state index in [1.807, 2.05) is 62.4 Å². The fourth-order valence-electron chi connectivity index (χ4n) is 4.33. The van der Waals surface area contributed by atoms with E-state index in [0.29, 0.717) is 38.5 Å². The minimum Gasteiger partial charge on any atom is -0.463 e. The van der Waals surface area contributed by atoms with E-state index >= 15 is 0 Å². The van der Waals surface area contributed by atoms with E-state index in [2.05, 4.69) is 0 Å². The topological polar surface area (TPSA) is 79.1 Å². The molecule has 0 saturated carbocycles. The van der Waals surface area contributed by atoms with E-state index in [1.54, 1.807) is 11.5 Å². The number of aryl methyl sites for hydroxylation is 1. The molecule has 1 atom stereocenters. The van der Waals surface area contributed by atoms with Crippen molar-refractivity contribution in [2.75, 3.05) is 13.4 Å². The number of benzene rings is 2. The molecule has 0 saturated heterocycles. The highest BCUT2D eigenvalue weighted by atomic mass is 32.1. The smallest absolute Gasteiger partial charge is 0.338 e. The third-order valence-electron chi connectivity index (χ3n) is 5.98. The first kappa shape index (κ1) is 23.1. The number of ether oxygens (including phenoxy) is 3. The molecule has 2 aliphatic heterocycles. The van der Waals surface area contributed by atoms with Gasteiger partial charge in [0.05, 0.1) is 28.5 Å². The fourth-order valence-corrected chi connectivity index (χ4v) is 5.35. The third kappa shape index (κ3) is 4.30. The molecule has 3 aromatic rings. The van der Waals surface area contributed by atoms with E-state index < -0.39 is 12.0 Å². The summed E-state index contributed by atoms with van der Waals surface area (Å²) in [6.45, 7) is 6.19. The lowest BCUT2D eigenvalue weighted by molar-refractivity contribution is -0.139. The van der Waals surface area contributed by atoms with E-state index in [9.17, 15) is 9.59 Å². The van der Waals surface area contributed by atoms with Crippen molar-refractivity contribution in [2.24, 2.45) is 4.99 Å². The van der Waals surface area contributed by atoms with Crippen molar-refractivity contribution >= 4 is 23.4 Å². The predicted octanol–water partition coefficient (Wildman–Crippen LogP) is 3.62. The lowest BCUT2D eigenvalue weighted by atomic mass is 9.94. The minimum absolute atomic E-state index is 0.139. The van der Waals surface area contributed by atoms with E-state index in [-0.39, 0.29) is 19.0 Å². The summed E-state index contributed by atoms with van der Waals surface area (Å²) in [5, 5.41) is 0. The first-order valence-corrected chi connectivity index (χ1v) is 12.5. The number of hydrogen-bond donors (Lipinski definition) is 0. The summed E-state index contributed by atoms with van der Waals surface area (Å²) in [7, 11) is 0. The van der Waals surface area contributed by atoms with Crippen LogP contribution in [0, 0.1) is 6.92 Å². The molecule has 7 nitrogen and oxygen atoms in total. The number of hydrogen-bond acceptors (Lipinski definition) is 7. The molecule has 1 unspecified atom stereocenters. The summed E-state index contributed by atoms with van der Waals surface area (Å²) in [5.74, 6) is 0.757. The summed E-state index contributed by atoms with van der Waals surface area (Å²) in [6.07, 6.45) is 3.26. The Labute approximate surface area is 206 Å². The predicted molar refractivity (Wildman–Crippen MR) is 133 cm³/mol. The fraction of sp³-hybridized carbons (Fsp3) is 0.296. The molecule has 0 aliphatic carbocycles. The standard InChI is InChI=1S/C27H26N2O5S/c1-4-6-19-23(26(31)32-5-2)24(18-11-12-20-21(14-18)34-15-33-20)29-25(30)22(35-27(29)28-19)13-17-9-7-16(3)8-10-17/h7-14,24H,4-6,15H2,1-3H3/b22-13-. The van der Waals surface area contributed by atoms with Crippen molar-refractivity contribution in [1.82, 2.24) is 4.57 Å². The zero-order valence-electron chi connectivity index (χ0n) is 19.9. The number of nitrogens with zero attached hydrogens (tertiary/aromatic N) is 2. The second kappa shape index (κ2) is 9.54. The second-order valence-corrected chi connectivity index (χ2v) is 9.45. The number of thiazole rings is 1. The van der Waals surface area contributed by atoms with Gasteiger partial charge < -0.3 is 14.2 Å². The quantitative estimate of drug-likeness (QED) is 0.493. The zero-order chi connectivity index (χ0) is 24.5. The van der Waals surface area contributed by atoms with Gasteiger partial charge in [-0.3, -0.25) is 9.36 Å². The van der Waals surface area contributed by atoms with E-state index in [0.717, 1.165) is 23.1 Å². The molecule has 180 valence electrons. The maximum atomic E-state index is 13.7. The van der Waals surface area contributed by atoms with E-state index in [4.69, 9.17) is 19.2 Å². The Hall–Kier alpha value is -3.65. The number of esters is 1. The summed E-state index contributed by atoms with van der Waals surface area (Å²) < 4.78 is 18.7. The van der Waals surface area contributed by atoms with Crippen LogP contribution in [0.5, 0.6) is 11.5 Å². The summed E-state index contributed by atoms with van der Waals surface area (Å²) in [6, 6.07) is 12.8. The summed E-state index contributed by atoms with van der Waals surface area (Å²) in [5.41, 5.74) is 3.66. The van der Waals surface area contributed by atoms with Gasteiger partial charge in [0.2, 0.25) is 6.79 Å². The largest absolute Gasteiger partial charge is 0.463 e. The molecular weight excluding hydrogens is 464 g/mol. The van der Waals surface area contributed by atoms with Crippen molar-refractivity contribution in [3.8, 4) is 11.5 Å². The number of rotatable bonds is 6. The Kier molecular flexibility index (Phi) is 6.30. The van der Waals surface area contributed by atoms with Gasteiger partial charge in [0.15, 0.2) is 16.3 Å². The number of carbonyl (C=O) groups is 1. The van der Waals surface area contributed by atoms with Gasteiger partial charge in [-0.1, -0.05) is 60.6 Å². The van der Waals surface area contributed by atoms with Crippen LogP contribution in [-0.4, -0.2) is 23.9 Å². The Morgan fingerprint density at radius 3 is 2.69 bits per heavy atom. The van der Waals surface area contributed by atoms with Crippen LogP contribution in [0.25, 0.3) is 6.08 Å². The average Bonchev–Trinajstić information content (AvgIpc) is 3.44. The highest BCUT2D eigenvalue weighted by molar-refractivity contribution is 7.07. The lowest BCUT2D eigenvalue weighted by Crippen LogP contribution is -2.40. The molecule has 8 heteroatoms. The Balaban J connectivity index is 1.75. The Bertz CT molecular complexity index is 1500. The first-order valence-electron chi connectivity index (χ1n) is 11.7. The van der Waals surface area contributed by atoms with Gasteiger partial charge in [-0.15, -0.1) is 0 Å². The first-order chi connectivity index (χ1) is 17.0. The normalized spacial score (nSPS) is 16.8. The molecule has 35 heavy (non-hydrogen) atoms. The van der Waals surface area contributed by atoms with Crippen molar-refractivity contribution in [3.05, 3.63) is 90.1 Å². The Morgan fingerprint density at radius 1 is 1.17 bits per heavy atom. The van der Waals surface area contributed by atoms with Crippen LogP contribution < -0.4 is 24.4 Å². The molecule has 0 spiro atoms. The van der Waals surface area contributed by atoms with Gasteiger partial charge in [-0.25, -0.2) is 9.79 Å². The number of aromatic nitrogens is 1. The van der Waals surface area contributed by atoms with Gasteiger partial charge in [0.1, 0.15) is 0 Å². The van der Waals surface area contributed by atoms with Gasteiger partial charge in [-0.05, 0) is 49.6 Å². The molecular formula is C27H26N2O5S. The van der Waals surface area contributed by atoms with Crippen LogP contribution in [0.15, 0.2) is 63.5 Å². The number of carbonyl (C=O) groups excluding carboxylic acids is 1. The minimum atomic E-state index is -0.679. The molecule has 3 heterocycles. The number of fused-ring (bicyclic) bond motifs is 2. The van der Waals surface area contributed by atoms with Crippen molar-refractivity contribution < 1.29 is 19.0 Å². The van der Waals surface area contributed by atoms with Crippen molar-refractivity contribution in [2.45, 2.75) is 39.7 Å². The van der Waals surface area contributed by atoms with Crippen LogP contribution >= 0.6 is 11.3 Å². The summed E-state index contributed by atoms with van der Waals surface area (Å²) in [4.78, 5) is 32.3. The highest BCUT2D eigenvalue weighted by Gasteiger charge is 2.35. The highest BCUT2D eigenvalue weighted by Crippen LogP contribution is 2.38. The molecule has 2 aromatic carbocycles. The summed E-state index contributed by atoms with van der Waals surface area (Å²) >= 11 is 1.33. The van der Waals surface area contributed by atoms with Crippen LogP contribution in [0.3, 0.4) is 0 Å². The molecule has 0 bridgehead atoms. The van der Waals surface area contributed by atoms with Gasteiger partial charge >= 0.3 is 5.97 Å².